The van der Waals surface area contributed by atoms with Crippen LogP contribution in [0, 0.1) is 12.3 Å². The Bertz CT molecular complexity index is 1120. The number of nitrogens with one attached hydrogen (secondary N) is 1. The van der Waals surface area contributed by atoms with Crippen molar-refractivity contribution in [3.05, 3.63) is 52.6 Å². The van der Waals surface area contributed by atoms with Gasteiger partial charge in [-0.2, -0.15) is 0 Å². The highest BCUT2D eigenvalue weighted by Crippen LogP contribution is 2.37. The Kier molecular flexibility index (Phi) is 6.48. The molecule has 0 radical (unpaired) electrons. The van der Waals surface area contributed by atoms with Crippen molar-refractivity contribution >= 4 is 41.2 Å². The molecule has 0 unspecified atom stereocenters. The molecule has 158 valence electrons. The molecule has 0 spiro atoms. The molecular weight excluding hydrogens is 424 g/mol. The maximum atomic E-state index is 13.0. The highest BCUT2D eigenvalue weighted by Gasteiger charge is 2.36. The summed E-state index contributed by atoms with van der Waals surface area (Å²) in [5.41, 5.74) is 0.401. The van der Waals surface area contributed by atoms with Gasteiger partial charge in [-0.15, -0.1) is 6.42 Å². The summed E-state index contributed by atoms with van der Waals surface area (Å²) in [4.78, 5) is 38.5. The summed E-state index contributed by atoms with van der Waals surface area (Å²) in [6.45, 7) is -0.0175. The summed E-state index contributed by atoms with van der Waals surface area (Å²) in [6.07, 6.45) is 6.51. The van der Waals surface area contributed by atoms with Crippen molar-refractivity contribution in [3.63, 3.8) is 0 Å². The van der Waals surface area contributed by atoms with Crippen LogP contribution in [-0.4, -0.2) is 38.7 Å². The lowest BCUT2D eigenvalue weighted by Gasteiger charge is -2.26. The van der Waals surface area contributed by atoms with Crippen LogP contribution in [0.4, 0.5) is 10.5 Å². The smallest absolute Gasteiger partial charge is 0.335 e. The summed E-state index contributed by atoms with van der Waals surface area (Å²) < 4.78 is 15.7. The first-order chi connectivity index (χ1) is 14.9. The zero-order valence-corrected chi connectivity index (χ0v) is 17.4. The van der Waals surface area contributed by atoms with E-state index >= 15 is 0 Å². The van der Waals surface area contributed by atoms with Gasteiger partial charge in [0.05, 0.1) is 24.9 Å². The van der Waals surface area contributed by atoms with Gasteiger partial charge in [0.15, 0.2) is 11.5 Å². The molecule has 0 saturated carbocycles. The third-order valence-electron chi connectivity index (χ3n) is 4.29. The van der Waals surface area contributed by atoms with Gasteiger partial charge < -0.3 is 14.2 Å². The third-order valence-corrected chi connectivity index (χ3v) is 4.58. The van der Waals surface area contributed by atoms with Crippen LogP contribution in [0.2, 0.25) is 5.02 Å². The Balaban J connectivity index is 1.99. The predicted octanol–water partition coefficient (Wildman–Crippen LogP) is 3.04. The monoisotopic (exact) mass is 440 g/mol. The first kappa shape index (κ1) is 21.7. The number of terminal acetylenes is 1. The molecule has 0 aromatic heterocycles. The van der Waals surface area contributed by atoms with Gasteiger partial charge in [0.2, 0.25) is 0 Å². The molecule has 1 fully saturated rings. The average Bonchev–Trinajstić information content (AvgIpc) is 2.76. The van der Waals surface area contributed by atoms with Crippen molar-refractivity contribution in [2.75, 3.05) is 25.7 Å². The molecule has 31 heavy (non-hydrogen) atoms. The zero-order valence-electron chi connectivity index (χ0n) is 16.6. The Hall–Kier alpha value is -3.96. The summed E-state index contributed by atoms with van der Waals surface area (Å²) in [7, 11) is 2.91. The van der Waals surface area contributed by atoms with Crippen LogP contribution in [-0.2, 0) is 9.59 Å². The van der Waals surface area contributed by atoms with Crippen molar-refractivity contribution < 1.29 is 28.6 Å². The average molecular weight is 441 g/mol. The molecule has 0 atom stereocenters. The maximum Gasteiger partial charge on any atom is 0.335 e. The summed E-state index contributed by atoms with van der Waals surface area (Å²) in [6, 6.07) is 8.40. The van der Waals surface area contributed by atoms with Gasteiger partial charge in [-0.05, 0) is 48.0 Å². The molecule has 2 aromatic carbocycles. The lowest BCUT2D eigenvalue weighted by Crippen LogP contribution is -2.54. The standard InChI is InChI=1S/C22H17ClN2O6/c1-4-9-31-19-17(23)11-13(12-18(19)30-3)10-16-20(26)24-22(28)25(21(16)27)14-5-7-15(29-2)8-6-14/h1,5-8,10-12H,9H2,2-3H3,(H,24,26,28)/b16-10+. The molecule has 0 bridgehead atoms. The number of halogens is 1. The number of hydrogen-bond donors (Lipinski definition) is 1. The van der Waals surface area contributed by atoms with Crippen LogP contribution in [0.25, 0.3) is 6.08 Å². The van der Waals surface area contributed by atoms with Crippen LogP contribution in [0.3, 0.4) is 0 Å². The van der Waals surface area contributed by atoms with Gasteiger partial charge in [-0.1, -0.05) is 17.5 Å². The maximum absolute atomic E-state index is 13.0. The number of amides is 4. The second-order valence-electron chi connectivity index (χ2n) is 6.18. The van der Waals surface area contributed by atoms with Crippen LogP contribution < -0.4 is 24.4 Å². The number of urea groups is 1. The molecule has 1 aliphatic heterocycles. The third kappa shape index (κ3) is 4.47. The van der Waals surface area contributed by atoms with E-state index < -0.39 is 17.8 Å². The number of nitrogens with zero attached hydrogens (tertiary/aromatic N) is 1. The van der Waals surface area contributed by atoms with Crippen molar-refractivity contribution in [2.24, 2.45) is 0 Å². The number of rotatable bonds is 6. The lowest BCUT2D eigenvalue weighted by molar-refractivity contribution is -0.122. The minimum absolute atomic E-state index is 0.0175. The highest BCUT2D eigenvalue weighted by atomic mass is 35.5. The zero-order chi connectivity index (χ0) is 22.5. The molecular formula is C22H17ClN2O6. The Morgan fingerprint density at radius 3 is 2.45 bits per heavy atom. The molecule has 1 heterocycles. The largest absolute Gasteiger partial charge is 0.497 e. The second-order valence-corrected chi connectivity index (χ2v) is 6.59. The molecule has 3 rings (SSSR count). The summed E-state index contributed by atoms with van der Waals surface area (Å²) in [5, 5.41) is 2.33. The van der Waals surface area contributed by atoms with Crippen molar-refractivity contribution in [1.82, 2.24) is 5.32 Å². The van der Waals surface area contributed by atoms with Gasteiger partial charge >= 0.3 is 6.03 Å². The number of barbiturate groups is 1. The van der Waals surface area contributed by atoms with E-state index in [0.29, 0.717) is 11.3 Å². The van der Waals surface area contributed by atoms with Crippen molar-refractivity contribution in [2.45, 2.75) is 0 Å². The van der Waals surface area contributed by atoms with Gasteiger partial charge in [0.25, 0.3) is 11.8 Å². The topological polar surface area (TPSA) is 94.2 Å². The number of imide groups is 2. The molecule has 1 saturated heterocycles. The van der Waals surface area contributed by atoms with Crippen molar-refractivity contribution in [1.29, 1.82) is 0 Å². The van der Waals surface area contributed by atoms with E-state index in [1.165, 1.54) is 44.6 Å². The fourth-order valence-electron chi connectivity index (χ4n) is 2.87. The number of hydrogen-bond acceptors (Lipinski definition) is 6. The van der Waals surface area contributed by atoms with E-state index in [2.05, 4.69) is 11.2 Å². The van der Waals surface area contributed by atoms with Gasteiger partial charge in [-0.3, -0.25) is 14.9 Å². The molecule has 8 nitrogen and oxygen atoms in total. The van der Waals surface area contributed by atoms with E-state index in [9.17, 15) is 14.4 Å². The second kappa shape index (κ2) is 9.24. The number of carbonyl (C=O) groups excluding carboxylic acids is 3. The SMILES string of the molecule is C#CCOc1c(Cl)cc(/C=C2\C(=O)NC(=O)N(c3ccc(OC)cc3)C2=O)cc1OC. The molecule has 9 heteroatoms. The van der Waals surface area contributed by atoms with E-state index in [1.807, 2.05) is 0 Å². The Morgan fingerprint density at radius 2 is 1.84 bits per heavy atom. The molecule has 0 aliphatic carbocycles. The fraction of sp³-hybridized carbons (Fsp3) is 0.136. The van der Waals surface area contributed by atoms with Gasteiger partial charge in [0.1, 0.15) is 17.9 Å². The quantitative estimate of drug-likeness (QED) is 0.421. The van der Waals surface area contributed by atoms with E-state index in [4.69, 9.17) is 32.2 Å². The molecule has 2 aromatic rings. The van der Waals surface area contributed by atoms with Crippen molar-refractivity contribution in [3.8, 4) is 29.6 Å². The Morgan fingerprint density at radius 1 is 1.13 bits per heavy atom. The normalized spacial score (nSPS) is 14.8. The van der Waals surface area contributed by atoms with E-state index in [0.717, 1.165) is 4.90 Å². The predicted molar refractivity (Wildman–Crippen MR) is 114 cm³/mol. The minimum atomic E-state index is -0.856. The molecule has 4 amide bonds. The minimum Gasteiger partial charge on any atom is -0.497 e. The molecule has 1 aliphatic rings. The van der Waals surface area contributed by atoms with Crippen LogP contribution >= 0.6 is 11.6 Å². The van der Waals surface area contributed by atoms with Gasteiger partial charge in [-0.25, -0.2) is 9.69 Å². The van der Waals surface area contributed by atoms with Gasteiger partial charge in [0, 0.05) is 0 Å². The molecule has 1 N–H and O–H groups in total. The number of carbonyl (C=O) groups is 3. The Labute approximate surface area is 183 Å². The number of benzene rings is 2. The van der Waals surface area contributed by atoms with Crippen LogP contribution in [0.15, 0.2) is 42.0 Å². The van der Waals surface area contributed by atoms with Crippen LogP contribution in [0.5, 0.6) is 17.2 Å². The fourth-order valence-corrected chi connectivity index (χ4v) is 3.14. The van der Waals surface area contributed by atoms with E-state index in [1.54, 1.807) is 12.1 Å². The first-order valence-electron chi connectivity index (χ1n) is 8.89. The summed E-state index contributed by atoms with van der Waals surface area (Å²) in [5.74, 6) is 1.76. The van der Waals surface area contributed by atoms with Crippen LogP contribution in [0.1, 0.15) is 5.56 Å². The number of anilines is 1. The van der Waals surface area contributed by atoms with E-state index in [-0.39, 0.29) is 34.4 Å². The number of ether oxygens (including phenoxy) is 3. The number of methoxy groups -OCH3 is 2. The first-order valence-corrected chi connectivity index (χ1v) is 9.26. The summed E-state index contributed by atoms with van der Waals surface area (Å²) >= 11 is 6.25. The lowest BCUT2D eigenvalue weighted by atomic mass is 10.1. The highest BCUT2D eigenvalue weighted by molar-refractivity contribution is 6.39.